The lowest BCUT2D eigenvalue weighted by atomic mass is 9.93. The first kappa shape index (κ1) is 20.5. The molecule has 6 heteroatoms. The number of hydrogen-bond donors (Lipinski definition) is 1. The number of carbonyl (C=O) groups is 1. The van der Waals surface area contributed by atoms with Crippen LogP contribution in [0.25, 0.3) is 0 Å². The number of methoxy groups -OCH3 is 1. The Hall–Kier alpha value is -2.73. The molecule has 0 aromatic heterocycles. The summed E-state index contributed by atoms with van der Waals surface area (Å²) >= 11 is 0. The lowest BCUT2D eigenvalue weighted by Crippen LogP contribution is -2.53. The molecular weight excluding hydrogens is 380 g/mol. The van der Waals surface area contributed by atoms with E-state index < -0.39 is 5.60 Å². The third kappa shape index (κ3) is 4.10. The van der Waals surface area contributed by atoms with Crippen LogP contribution in [0, 0.1) is 0 Å². The van der Waals surface area contributed by atoms with E-state index in [0.717, 1.165) is 18.4 Å². The molecule has 2 aliphatic rings. The molecule has 0 saturated carbocycles. The molecule has 2 aromatic carbocycles. The summed E-state index contributed by atoms with van der Waals surface area (Å²) < 4.78 is 18.1. The van der Waals surface area contributed by atoms with Crippen molar-refractivity contribution in [2.24, 2.45) is 0 Å². The normalized spacial score (nSPS) is 21.2. The third-order valence-corrected chi connectivity index (χ3v) is 5.97. The highest BCUT2D eigenvalue weighted by Crippen LogP contribution is 2.37. The van der Waals surface area contributed by atoms with Crippen molar-refractivity contribution in [2.45, 2.75) is 38.4 Å². The van der Waals surface area contributed by atoms with Crippen LogP contribution in [0.1, 0.15) is 30.5 Å². The minimum Gasteiger partial charge on any atom is -0.493 e. The quantitative estimate of drug-likeness (QED) is 0.819. The molecule has 2 amide bonds. The highest BCUT2D eigenvalue weighted by atomic mass is 16.5. The van der Waals surface area contributed by atoms with Gasteiger partial charge in [-0.3, -0.25) is 0 Å². The molecule has 0 bridgehead atoms. The predicted octanol–water partition coefficient (Wildman–Crippen LogP) is 3.52. The number of morpholine rings is 1. The molecule has 1 atom stereocenters. The maximum Gasteiger partial charge on any atom is 0.317 e. The monoisotopic (exact) mass is 410 g/mol. The summed E-state index contributed by atoms with van der Waals surface area (Å²) in [7, 11) is 1.65. The van der Waals surface area contributed by atoms with Gasteiger partial charge in [-0.1, -0.05) is 30.3 Å². The Morgan fingerprint density at radius 3 is 2.60 bits per heavy atom. The number of benzene rings is 2. The number of urea groups is 1. The van der Waals surface area contributed by atoms with Crippen LogP contribution in [-0.2, 0) is 23.2 Å². The minimum absolute atomic E-state index is 0.0549. The van der Waals surface area contributed by atoms with Gasteiger partial charge in [0.2, 0.25) is 0 Å². The first-order valence-corrected chi connectivity index (χ1v) is 10.6. The second-order valence-electron chi connectivity index (χ2n) is 8.12. The first-order chi connectivity index (χ1) is 14.5. The average molecular weight is 411 g/mol. The summed E-state index contributed by atoms with van der Waals surface area (Å²) in [6.45, 7) is 6.12. The maximum absolute atomic E-state index is 12.3. The summed E-state index contributed by atoms with van der Waals surface area (Å²) in [6.07, 6.45) is 1.86. The molecule has 1 heterocycles. The fourth-order valence-corrected chi connectivity index (χ4v) is 4.36. The highest BCUT2D eigenvalue weighted by Gasteiger charge is 2.36. The van der Waals surface area contributed by atoms with Gasteiger partial charge in [-0.2, -0.15) is 0 Å². The van der Waals surface area contributed by atoms with Crippen molar-refractivity contribution in [3.8, 4) is 11.5 Å². The van der Waals surface area contributed by atoms with E-state index in [0.29, 0.717) is 37.7 Å². The van der Waals surface area contributed by atoms with E-state index in [1.165, 1.54) is 11.1 Å². The van der Waals surface area contributed by atoms with Gasteiger partial charge in [-0.05, 0) is 42.7 Å². The van der Waals surface area contributed by atoms with Crippen molar-refractivity contribution in [3.63, 3.8) is 0 Å². The van der Waals surface area contributed by atoms with Gasteiger partial charge >= 0.3 is 6.03 Å². The number of fused-ring (bicyclic) bond motifs is 1. The summed E-state index contributed by atoms with van der Waals surface area (Å²) in [6, 6.07) is 14.3. The minimum atomic E-state index is -0.605. The third-order valence-electron chi connectivity index (χ3n) is 5.97. The van der Waals surface area contributed by atoms with Gasteiger partial charge in [-0.15, -0.1) is 0 Å². The van der Waals surface area contributed by atoms with Gasteiger partial charge in [0.1, 0.15) is 11.7 Å². The molecule has 2 aromatic rings. The van der Waals surface area contributed by atoms with E-state index in [1.54, 1.807) is 7.11 Å². The Morgan fingerprint density at radius 2 is 1.93 bits per heavy atom. The Kier molecular flexibility index (Phi) is 5.86. The predicted molar refractivity (Wildman–Crippen MR) is 115 cm³/mol. The number of amides is 2. The molecule has 1 fully saturated rings. The van der Waals surface area contributed by atoms with Crippen LogP contribution in [0.5, 0.6) is 11.5 Å². The highest BCUT2D eigenvalue weighted by molar-refractivity contribution is 5.74. The van der Waals surface area contributed by atoms with Gasteiger partial charge in [0.05, 0.1) is 20.3 Å². The van der Waals surface area contributed by atoms with Crippen LogP contribution < -0.4 is 14.8 Å². The van der Waals surface area contributed by atoms with Gasteiger partial charge in [0.15, 0.2) is 11.5 Å². The van der Waals surface area contributed by atoms with Gasteiger partial charge in [0, 0.05) is 25.9 Å². The molecule has 1 N–H and O–H groups in total. The first-order valence-electron chi connectivity index (χ1n) is 10.6. The van der Waals surface area contributed by atoms with Crippen molar-refractivity contribution in [3.05, 3.63) is 59.2 Å². The average Bonchev–Trinajstić information content (AvgIpc) is 3.16. The largest absolute Gasteiger partial charge is 0.493 e. The van der Waals surface area contributed by atoms with Crippen LogP contribution in [-0.4, -0.2) is 50.4 Å². The summed E-state index contributed by atoms with van der Waals surface area (Å²) in [5.74, 6) is 1.42. The molecule has 30 heavy (non-hydrogen) atoms. The van der Waals surface area contributed by atoms with Crippen molar-refractivity contribution >= 4 is 6.03 Å². The van der Waals surface area contributed by atoms with E-state index in [4.69, 9.17) is 14.2 Å². The molecule has 6 nitrogen and oxygen atoms in total. The Bertz CT molecular complexity index is 891. The molecule has 4 rings (SSSR count). The lowest BCUT2D eigenvalue weighted by Gasteiger charge is -2.41. The number of carbonyl (C=O) groups excluding carboxylic acids is 1. The molecular formula is C24H30N2O4. The Morgan fingerprint density at radius 1 is 1.20 bits per heavy atom. The Balaban J connectivity index is 1.54. The second kappa shape index (κ2) is 8.56. The molecule has 1 aliphatic carbocycles. The van der Waals surface area contributed by atoms with Crippen LogP contribution in [0.2, 0.25) is 0 Å². The van der Waals surface area contributed by atoms with Gasteiger partial charge in [-0.25, -0.2) is 4.79 Å². The van der Waals surface area contributed by atoms with E-state index in [9.17, 15) is 4.79 Å². The van der Waals surface area contributed by atoms with Crippen LogP contribution in [0.15, 0.2) is 42.5 Å². The topological polar surface area (TPSA) is 60.0 Å². The summed E-state index contributed by atoms with van der Waals surface area (Å²) in [5, 5.41) is 2.88. The van der Waals surface area contributed by atoms with Crippen LogP contribution in [0.4, 0.5) is 4.79 Å². The SMILES string of the molecule is CCNC(=O)N1CCOC(C)(c2ccc(OC)c(OC3Cc4ccccc4C3)c2)C1. The standard InChI is InChI=1S/C24H30N2O4/c1-4-25-23(27)26-11-12-29-24(2,16-26)19-9-10-21(28-3)22(15-19)30-20-13-17-7-5-6-8-18(17)14-20/h5-10,15,20H,4,11-14,16H2,1-3H3,(H,25,27). The van der Waals surface area contributed by atoms with E-state index >= 15 is 0 Å². The van der Waals surface area contributed by atoms with E-state index in [2.05, 4.69) is 29.6 Å². The zero-order valence-corrected chi connectivity index (χ0v) is 17.9. The van der Waals surface area contributed by atoms with E-state index in [-0.39, 0.29) is 12.1 Å². The van der Waals surface area contributed by atoms with Crippen molar-refractivity contribution < 1.29 is 19.0 Å². The van der Waals surface area contributed by atoms with Crippen LogP contribution >= 0.6 is 0 Å². The lowest BCUT2D eigenvalue weighted by molar-refractivity contribution is -0.0907. The number of hydrogen-bond acceptors (Lipinski definition) is 4. The number of rotatable bonds is 5. The van der Waals surface area contributed by atoms with Crippen molar-refractivity contribution in [1.82, 2.24) is 10.2 Å². The number of nitrogens with zero attached hydrogens (tertiary/aromatic N) is 1. The summed E-state index contributed by atoms with van der Waals surface area (Å²) in [5.41, 5.74) is 3.06. The zero-order valence-electron chi connectivity index (χ0n) is 17.9. The molecule has 1 unspecified atom stereocenters. The van der Waals surface area contributed by atoms with Crippen molar-refractivity contribution in [1.29, 1.82) is 0 Å². The fraction of sp³-hybridized carbons (Fsp3) is 0.458. The molecule has 160 valence electrons. The molecule has 1 saturated heterocycles. The fourth-order valence-electron chi connectivity index (χ4n) is 4.36. The molecule has 1 aliphatic heterocycles. The van der Waals surface area contributed by atoms with Gasteiger partial charge < -0.3 is 24.4 Å². The smallest absolute Gasteiger partial charge is 0.317 e. The van der Waals surface area contributed by atoms with Gasteiger partial charge in [0.25, 0.3) is 0 Å². The van der Waals surface area contributed by atoms with Crippen LogP contribution in [0.3, 0.4) is 0 Å². The Labute approximate surface area is 178 Å². The maximum atomic E-state index is 12.3. The van der Waals surface area contributed by atoms with E-state index in [1.807, 2.05) is 36.9 Å². The molecule has 0 radical (unpaired) electrons. The second-order valence-corrected chi connectivity index (χ2v) is 8.12. The molecule has 0 spiro atoms. The number of nitrogens with one attached hydrogen (secondary N) is 1. The zero-order chi connectivity index (χ0) is 21.1. The number of ether oxygens (including phenoxy) is 3. The summed E-state index contributed by atoms with van der Waals surface area (Å²) in [4.78, 5) is 14.1. The van der Waals surface area contributed by atoms with Crippen molar-refractivity contribution in [2.75, 3.05) is 33.4 Å².